The lowest BCUT2D eigenvalue weighted by Gasteiger charge is -2.36. The van der Waals surface area contributed by atoms with Gasteiger partial charge in [0.25, 0.3) is 10.0 Å². The molecule has 2 saturated heterocycles. The SMILES string of the molecule is Cn1cnc(S(=O)(=O)N2C3CCC2CC(n2nccn2)C3)c1. The van der Waals surface area contributed by atoms with Gasteiger partial charge in [-0.2, -0.15) is 19.3 Å². The first-order valence-corrected chi connectivity index (χ1v) is 8.87. The minimum absolute atomic E-state index is 0.0155. The number of rotatable bonds is 3. The molecule has 0 saturated carbocycles. The van der Waals surface area contributed by atoms with Crippen LogP contribution in [0.1, 0.15) is 31.7 Å². The fraction of sp³-hybridized carbons (Fsp3) is 0.615. The highest BCUT2D eigenvalue weighted by atomic mass is 32.2. The van der Waals surface area contributed by atoms with Crippen molar-refractivity contribution in [3.8, 4) is 0 Å². The van der Waals surface area contributed by atoms with Gasteiger partial charge in [-0.05, 0) is 25.7 Å². The number of nitrogens with zero attached hydrogens (tertiary/aromatic N) is 6. The van der Waals surface area contributed by atoms with E-state index in [4.69, 9.17) is 0 Å². The highest BCUT2D eigenvalue weighted by molar-refractivity contribution is 7.89. The van der Waals surface area contributed by atoms with Crippen LogP contribution in [0.15, 0.2) is 29.9 Å². The van der Waals surface area contributed by atoms with Crippen molar-refractivity contribution in [1.82, 2.24) is 28.9 Å². The molecular formula is C13H18N6O2S. The number of aryl methyl sites for hydroxylation is 1. The average molecular weight is 322 g/mol. The molecule has 2 aliphatic heterocycles. The van der Waals surface area contributed by atoms with Crippen LogP contribution in [0.25, 0.3) is 0 Å². The number of imidazole rings is 1. The molecule has 2 fully saturated rings. The second-order valence-corrected chi connectivity index (χ2v) is 7.86. The fourth-order valence-electron chi connectivity index (χ4n) is 3.73. The molecule has 0 aromatic carbocycles. The van der Waals surface area contributed by atoms with Gasteiger partial charge < -0.3 is 4.57 Å². The van der Waals surface area contributed by atoms with Crippen LogP contribution >= 0.6 is 0 Å². The van der Waals surface area contributed by atoms with Crippen LogP contribution < -0.4 is 0 Å². The third kappa shape index (κ3) is 2.07. The zero-order valence-electron chi connectivity index (χ0n) is 12.3. The number of aromatic nitrogens is 5. The van der Waals surface area contributed by atoms with Gasteiger partial charge in [-0.1, -0.05) is 0 Å². The van der Waals surface area contributed by atoms with Crippen molar-refractivity contribution in [3.05, 3.63) is 24.9 Å². The molecule has 9 heteroatoms. The lowest BCUT2D eigenvalue weighted by Crippen LogP contribution is -2.47. The number of piperidine rings is 1. The summed E-state index contributed by atoms with van der Waals surface area (Å²) in [5.41, 5.74) is 0. The molecule has 2 aromatic heterocycles. The van der Waals surface area contributed by atoms with Gasteiger partial charge in [0, 0.05) is 25.3 Å². The van der Waals surface area contributed by atoms with Crippen LogP contribution in [-0.4, -0.2) is 49.4 Å². The summed E-state index contributed by atoms with van der Waals surface area (Å²) >= 11 is 0. The second kappa shape index (κ2) is 4.88. The first-order valence-electron chi connectivity index (χ1n) is 7.43. The monoisotopic (exact) mass is 322 g/mol. The third-order valence-electron chi connectivity index (χ3n) is 4.63. The first kappa shape index (κ1) is 13.9. The normalized spacial score (nSPS) is 29.0. The van der Waals surface area contributed by atoms with E-state index in [0.717, 1.165) is 25.7 Å². The van der Waals surface area contributed by atoms with Crippen molar-refractivity contribution >= 4 is 10.0 Å². The molecule has 8 nitrogen and oxygen atoms in total. The quantitative estimate of drug-likeness (QED) is 0.824. The molecule has 118 valence electrons. The maximum absolute atomic E-state index is 12.9. The summed E-state index contributed by atoms with van der Waals surface area (Å²) in [5, 5.41) is 8.56. The van der Waals surface area contributed by atoms with Crippen LogP contribution in [0, 0.1) is 0 Å². The van der Waals surface area contributed by atoms with E-state index in [1.807, 2.05) is 0 Å². The Balaban J connectivity index is 1.63. The number of fused-ring (bicyclic) bond motifs is 2. The Kier molecular flexibility index (Phi) is 3.08. The number of sulfonamides is 1. The molecule has 0 spiro atoms. The molecule has 2 aromatic rings. The van der Waals surface area contributed by atoms with E-state index < -0.39 is 10.0 Å². The van der Waals surface area contributed by atoms with E-state index in [0.29, 0.717) is 0 Å². The Hall–Kier alpha value is -1.74. The molecule has 0 amide bonds. The van der Waals surface area contributed by atoms with Crippen LogP contribution in [0.2, 0.25) is 0 Å². The number of hydrogen-bond donors (Lipinski definition) is 0. The van der Waals surface area contributed by atoms with Gasteiger partial charge in [-0.25, -0.2) is 13.4 Å². The van der Waals surface area contributed by atoms with Crippen molar-refractivity contribution in [2.45, 2.75) is 48.8 Å². The van der Waals surface area contributed by atoms with Gasteiger partial charge in [-0.3, -0.25) is 0 Å². The number of hydrogen-bond acceptors (Lipinski definition) is 5. The lowest BCUT2D eigenvalue weighted by molar-refractivity contribution is 0.174. The Labute approximate surface area is 128 Å². The fourth-order valence-corrected chi connectivity index (χ4v) is 5.59. The predicted octanol–water partition coefficient (Wildman–Crippen LogP) is 0.568. The van der Waals surface area contributed by atoms with E-state index in [2.05, 4.69) is 15.2 Å². The maximum atomic E-state index is 12.9. The van der Waals surface area contributed by atoms with Gasteiger partial charge in [-0.15, -0.1) is 0 Å². The Morgan fingerprint density at radius 2 is 1.73 bits per heavy atom. The van der Waals surface area contributed by atoms with Crippen molar-refractivity contribution < 1.29 is 8.42 Å². The summed E-state index contributed by atoms with van der Waals surface area (Å²) in [6.45, 7) is 0. The van der Waals surface area contributed by atoms with Crippen molar-refractivity contribution in [2.24, 2.45) is 7.05 Å². The van der Waals surface area contributed by atoms with Gasteiger partial charge in [0.1, 0.15) is 0 Å². The Bertz CT molecular complexity index is 754. The minimum atomic E-state index is -3.52. The van der Waals surface area contributed by atoms with Crippen LogP contribution in [0.5, 0.6) is 0 Å². The molecule has 4 rings (SSSR count). The van der Waals surface area contributed by atoms with Crippen molar-refractivity contribution in [2.75, 3.05) is 0 Å². The predicted molar refractivity (Wildman–Crippen MR) is 77.3 cm³/mol. The molecule has 0 aliphatic carbocycles. The summed E-state index contributed by atoms with van der Waals surface area (Å²) in [6.07, 6.45) is 9.74. The highest BCUT2D eigenvalue weighted by Gasteiger charge is 2.48. The molecule has 2 bridgehead atoms. The van der Waals surface area contributed by atoms with Gasteiger partial charge in [0.05, 0.1) is 24.8 Å². The molecule has 2 atom stereocenters. The molecule has 2 unspecified atom stereocenters. The molecule has 4 heterocycles. The third-order valence-corrected chi connectivity index (χ3v) is 6.52. The summed E-state index contributed by atoms with van der Waals surface area (Å²) in [7, 11) is -1.74. The van der Waals surface area contributed by atoms with E-state index in [-0.39, 0.29) is 23.2 Å². The van der Waals surface area contributed by atoms with Crippen LogP contribution in [-0.2, 0) is 17.1 Å². The maximum Gasteiger partial charge on any atom is 0.262 e. The highest BCUT2D eigenvalue weighted by Crippen LogP contribution is 2.43. The van der Waals surface area contributed by atoms with E-state index >= 15 is 0 Å². The smallest absolute Gasteiger partial charge is 0.262 e. The molecule has 0 N–H and O–H groups in total. The topological polar surface area (TPSA) is 85.9 Å². The Morgan fingerprint density at radius 1 is 1.09 bits per heavy atom. The first-order chi connectivity index (χ1) is 10.6. The summed E-state index contributed by atoms with van der Waals surface area (Å²) in [6, 6.07) is 0.214. The molecule has 2 aliphatic rings. The average Bonchev–Trinajstić information content (AvgIpc) is 3.19. The summed E-state index contributed by atoms with van der Waals surface area (Å²) < 4.78 is 29.1. The van der Waals surface area contributed by atoms with E-state index in [1.54, 1.807) is 39.3 Å². The second-order valence-electron chi connectivity index (χ2n) is 6.07. The van der Waals surface area contributed by atoms with E-state index in [1.165, 1.54) is 6.33 Å². The molecular weight excluding hydrogens is 304 g/mol. The summed E-state index contributed by atoms with van der Waals surface area (Å²) in [5.74, 6) is 0. The van der Waals surface area contributed by atoms with Crippen molar-refractivity contribution in [3.63, 3.8) is 0 Å². The zero-order chi connectivity index (χ0) is 15.3. The zero-order valence-corrected chi connectivity index (χ0v) is 13.1. The van der Waals surface area contributed by atoms with Crippen LogP contribution in [0.3, 0.4) is 0 Å². The largest absolute Gasteiger partial charge is 0.339 e. The Morgan fingerprint density at radius 3 is 2.27 bits per heavy atom. The van der Waals surface area contributed by atoms with Gasteiger partial charge in [0.15, 0.2) is 5.03 Å². The van der Waals surface area contributed by atoms with Gasteiger partial charge in [0.2, 0.25) is 0 Å². The van der Waals surface area contributed by atoms with Crippen LogP contribution in [0.4, 0.5) is 0 Å². The van der Waals surface area contributed by atoms with E-state index in [9.17, 15) is 8.42 Å². The van der Waals surface area contributed by atoms with Gasteiger partial charge >= 0.3 is 0 Å². The molecule has 22 heavy (non-hydrogen) atoms. The molecule has 0 radical (unpaired) electrons. The standard InChI is InChI=1S/C13H18N6O2S/c1-17-8-13(14-9-17)22(20,21)18-10-2-3-11(18)7-12(6-10)19-15-4-5-16-19/h4-5,8-12H,2-3,6-7H2,1H3. The van der Waals surface area contributed by atoms with Crippen molar-refractivity contribution in [1.29, 1.82) is 0 Å². The lowest BCUT2D eigenvalue weighted by atomic mass is 10.0. The minimum Gasteiger partial charge on any atom is -0.339 e. The summed E-state index contributed by atoms with van der Waals surface area (Å²) in [4.78, 5) is 5.75.